The van der Waals surface area contributed by atoms with Crippen molar-refractivity contribution in [3.05, 3.63) is 28.8 Å². The highest BCUT2D eigenvalue weighted by Crippen LogP contribution is 2.27. The molecule has 0 aliphatic carbocycles. The summed E-state index contributed by atoms with van der Waals surface area (Å²) in [5, 5.41) is 3.66. The van der Waals surface area contributed by atoms with E-state index in [-0.39, 0.29) is 18.1 Å². The monoisotopic (exact) mass is 269 g/mol. The van der Waals surface area contributed by atoms with Crippen LogP contribution in [0.1, 0.15) is 12.0 Å². The summed E-state index contributed by atoms with van der Waals surface area (Å²) in [6, 6.07) is 5.37. The molecular weight excluding hydrogens is 254 g/mol. The fourth-order valence-corrected chi connectivity index (χ4v) is 2.28. The second kappa shape index (κ2) is 5.59. The Morgan fingerprint density at radius 2 is 2.28 bits per heavy atom. The summed E-state index contributed by atoms with van der Waals surface area (Å²) in [4.78, 5) is 11.4. The zero-order valence-corrected chi connectivity index (χ0v) is 11.2. The average molecular weight is 270 g/mol. The van der Waals surface area contributed by atoms with Crippen LogP contribution in [0.15, 0.2) is 18.2 Å². The number of carbonyl (C=O) groups is 1. The molecule has 5 heteroatoms. The first kappa shape index (κ1) is 13.2. The predicted octanol–water partition coefficient (Wildman–Crippen LogP) is 1.93. The topological polar surface area (TPSA) is 47.6 Å². The molecule has 4 nitrogen and oxygen atoms in total. The number of methoxy groups -OCH3 is 1. The van der Waals surface area contributed by atoms with E-state index in [1.54, 1.807) is 0 Å². The third-order valence-corrected chi connectivity index (χ3v) is 3.25. The van der Waals surface area contributed by atoms with Crippen molar-refractivity contribution in [2.24, 2.45) is 0 Å². The van der Waals surface area contributed by atoms with Crippen LogP contribution < -0.4 is 10.1 Å². The van der Waals surface area contributed by atoms with Crippen molar-refractivity contribution in [1.29, 1.82) is 0 Å². The van der Waals surface area contributed by atoms with Crippen molar-refractivity contribution >= 4 is 17.6 Å². The Morgan fingerprint density at radius 3 is 2.94 bits per heavy atom. The van der Waals surface area contributed by atoms with Crippen LogP contribution in [0.25, 0.3) is 0 Å². The number of carbonyl (C=O) groups excluding carboxylic acids is 1. The first-order valence-electron chi connectivity index (χ1n) is 5.84. The highest BCUT2D eigenvalue weighted by molar-refractivity contribution is 6.32. The fraction of sp³-hybridized carbons (Fsp3) is 0.462. The molecule has 1 N–H and O–H groups in total. The molecule has 1 fully saturated rings. The Morgan fingerprint density at radius 1 is 1.50 bits per heavy atom. The lowest BCUT2D eigenvalue weighted by molar-refractivity contribution is -0.142. The molecule has 1 heterocycles. The molecule has 0 amide bonds. The van der Waals surface area contributed by atoms with Gasteiger partial charge in [-0.25, -0.2) is 0 Å². The fourth-order valence-electron chi connectivity index (χ4n) is 2.00. The number of halogens is 1. The highest BCUT2D eigenvalue weighted by atomic mass is 35.5. The van der Waals surface area contributed by atoms with Crippen LogP contribution in [0.5, 0.6) is 5.75 Å². The van der Waals surface area contributed by atoms with E-state index in [1.807, 2.05) is 25.1 Å². The van der Waals surface area contributed by atoms with Gasteiger partial charge in [0.1, 0.15) is 17.9 Å². The molecule has 1 aromatic rings. The largest absolute Gasteiger partial charge is 0.487 e. The molecular formula is C13H16ClNO3. The third-order valence-electron chi connectivity index (χ3n) is 2.96. The number of aryl methyl sites for hydroxylation is 1. The summed E-state index contributed by atoms with van der Waals surface area (Å²) in [7, 11) is 1.38. The van der Waals surface area contributed by atoms with Gasteiger partial charge in [-0.1, -0.05) is 17.7 Å². The average Bonchev–Trinajstić information content (AvgIpc) is 2.80. The van der Waals surface area contributed by atoms with E-state index >= 15 is 0 Å². The van der Waals surface area contributed by atoms with Crippen LogP contribution in [0.4, 0.5) is 0 Å². The molecule has 2 rings (SSSR count). The molecule has 2 atom stereocenters. The van der Waals surface area contributed by atoms with Crippen molar-refractivity contribution in [3.63, 3.8) is 0 Å². The minimum Gasteiger partial charge on any atom is -0.487 e. The van der Waals surface area contributed by atoms with E-state index in [2.05, 4.69) is 10.1 Å². The van der Waals surface area contributed by atoms with E-state index in [9.17, 15) is 4.79 Å². The van der Waals surface area contributed by atoms with Crippen LogP contribution in [0.3, 0.4) is 0 Å². The Balaban J connectivity index is 1.97. The van der Waals surface area contributed by atoms with Gasteiger partial charge in [0.2, 0.25) is 0 Å². The van der Waals surface area contributed by atoms with E-state index in [0.29, 0.717) is 23.7 Å². The van der Waals surface area contributed by atoms with Gasteiger partial charge < -0.3 is 14.8 Å². The van der Waals surface area contributed by atoms with Gasteiger partial charge in [0.15, 0.2) is 0 Å². The number of esters is 1. The molecule has 0 spiro atoms. The number of benzene rings is 1. The van der Waals surface area contributed by atoms with Gasteiger partial charge in [-0.15, -0.1) is 0 Å². The molecule has 18 heavy (non-hydrogen) atoms. The minimum atomic E-state index is -0.288. The molecule has 1 aliphatic heterocycles. The van der Waals surface area contributed by atoms with Gasteiger partial charge in [0.05, 0.1) is 12.1 Å². The van der Waals surface area contributed by atoms with E-state index in [1.165, 1.54) is 7.11 Å². The Labute approximate surface area is 111 Å². The standard InChI is InChI=1S/C13H16ClNO3/c1-8-3-4-12(10(14)5-8)18-9-6-11(15-7-9)13(16)17-2/h3-5,9,11,15H,6-7H2,1-2H3. The molecule has 0 saturated carbocycles. The van der Waals surface area contributed by atoms with E-state index in [0.717, 1.165) is 5.56 Å². The first-order chi connectivity index (χ1) is 8.60. The lowest BCUT2D eigenvalue weighted by Gasteiger charge is -2.14. The van der Waals surface area contributed by atoms with Crippen molar-refractivity contribution in [2.75, 3.05) is 13.7 Å². The normalized spacial score (nSPS) is 22.8. The molecule has 1 saturated heterocycles. The smallest absolute Gasteiger partial charge is 0.323 e. The summed E-state index contributed by atoms with van der Waals surface area (Å²) in [6.45, 7) is 2.59. The zero-order chi connectivity index (χ0) is 13.1. The van der Waals surface area contributed by atoms with Crippen molar-refractivity contribution in [2.45, 2.75) is 25.5 Å². The van der Waals surface area contributed by atoms with Gasteiger partial charge in [0.25, 0.3) is 0 Å². The number of nitrogens with one attached hydrogen (secondary N) is 1. The Hall–Kier alpha value is -1.26. The lowest BCUT2D eigenvalue weighted by atomic mass is 10.2. The van der Waals surface area contributed by atoms with Gasteiger partial charge >= 0.3 is 5.97 Å². The number of hydrogen-bond donors (Lipinski definition) is 1. The third kappa shape index (κ3) is 2.94. The van der Waals surface area contributed by atoms with Crippen molar-refractivity contribution in [1.82, 2.24) is 5.32 Å². The van der Waals surface area contributed by atoms with Crippen LogP contribution >= 0.6 is 11.6 Å². The summed E-state index contributed by atoms with van der Waals surface area (Å²) in [6.07, 6.45) is 0.533. The maximum Gasteiger partial charge on any atom is 0.323 e. The maximum absolute atomic E-state index is 11.4. The Bertz CT molecular complexity index is 450. The number of ether oxygens (including phenoxy) is 2. The predicted molar refractivity (Wildman–Crippen MR) is 69.0 cm³/mol. The molecule has 0 aromatic heterocycles. The van der Waals surface area contributed by atoms with Gasteiger partial charge in [-0.2, -0.15) is 0 Å². The lowest BCUT2D eigenvalue weighted by Crippen LogP contribution is -2.31. The molecule has 0 bridgehead atoms. The first-order valence-corrected chi connectivity index (χ1v) is 6.22. The number of rotatable bonds is 3. The van der Waals surface area contributed by atoms with Crippen LogP contribution in [0, 0.1) is 6.92 Å². The van der Waals surface area contributed by atoms with Gasteiger partial charge in [-0.05, 0) is 24.6 Å². The molecule has 1 aromatic carbocycles. The quantitative estimate of drug-likeness (QED) is 0.852. The van der Waals surface area contributed by atoms with Crippen LogP contribution in [-0.2, 0) is 9.53 Å². The minimum absolute atomic E-state index is 0.0608. The maximum atomic E-state index is 11.4. The second-order valence-corrected chi connectivity index (χ2v) is 4.80. The van der Waals surface area contributed by atoms with Crippen LogP contribution in [-0.4, -0.2) is 31.8 Å². The van der Waals surface area contributed by atoms with Crippen molar-refractivity contribution < 1.29 is 14.3 Å². The van der Waals surface area contributed by atoms with E-state index < -0.39 is 0 Å². The highest BCUT2D eigenvalue weighted by Gasteiger charge is 2.31. The Kier molecular flexibility index (Phi) is 4.09. The summed E-state index contributed by atoms with van der Waals surface area (Å²) >= 11 is 6.10. The SMILES string of the molecule is COC(=O)C1CC(Oc2ccc(C)cc2Cl)CN1. The van der Waals surface area contributed by atoms with Gasteiger partial charge in [0, 0.05) is 13.0 Å². The molecule has 98 valence electrons. The summed E-state index contributed by atoms with van der Waals surface area (Å²) in [5.41, 5.74) is 1.09. The number of hydrogen-bond acceptors (Lipinski definition) is 4. The second-order valence-electron chi connectivity index (χ2n) is 4.39. The summed E-state index contributed by atoms with van der Waals surface area (Å²) in [5.74, 6) is 0.399. The van der Waals surface area contributed by atoms with Gasteiger partial charge in [-0.3, -0.25) is 4.79 Å². The van der Waals surface area contributed by atoms with Crippen LogP contribution in [0.2, 0.25) is 5.02 Å². The summed E-state index contributed by atoms with van der Waals surface area (Å²) < 4.78 is 10.5. The van der Waals surface area contributed by atoms with Crippen molar-refractivity contribution in [3.8, 4) is 5.75 Å². The molecule has 1 aliphatic rings. The molecule has 2 unspecified atom stereocenters. The van der Waals surface area contributed by atoms with E-state index in [4.69, 9.17) is 16.3 Å². The molecule has 0 radical (unpaired) electrons. The zero-order valence-electron chi connectivity index (χ0n) is 10.4.